The Hall–Kier alpha value is -1.33. The molecule has 0 spiro atoms. The lowest BCUT2D eigenvalue weighted by Gasteiger charge is -2.42. The molecule has 3 rings (SSSR count). The molecule has 1 aliphatic heterocycles. The van der Waals surface area contributed by atoms with Gasteiger partial charge in [0.25, 0.3) is 15.9 Å². The molecule has 0 aliphatic carbocycles. The Morgan fingerprint density at radius 2 is 2.07 bits per heavy atom. The molecule has 28 heavy (non-hydrogen) atoms. The first-order valence-corrected chi connectivity index (χ1v) is 10.6. The van der Waals surface area contributed by atoms with Crippen LogP contribution in [0.3, 0.4) is 0 Å². The topological polar surface area (TPSA) is 110 Å². The van der Waals surface area contributed by atoms with E-state index in [9.17, 15) is 13.2 Å². The summed E-state index contributed by atoms with van der Waals surface area (Å²) in [6.07, 6.45) is 3.67. The average molecular weight is 470 g/mol. The molecule has 0 radical (unpaired) electrons. The summed E-state index contributed by atoms with van der Waals surface area (Å²) in [6.45, 7) is 5.07. The van der Waals surface area contributed by atoms with Crippen LogP contribution < -0.4 is 10.5 Å². The van der Waals surface area contributed by atoms with E-state index in [1.807, 2.05) is 13.8 Å². The van der Waals surface area contributed by atoms with Crippen molar-refractivity contribution in [3.05, 3.63) is 28.7 Å². The van der Waals surface area contributed by atoms with E-state index < -0.39 is 10.0 Å². The van der Waals surface area contributed by atoms with Gasteiger partial charge in [-0.2, -0.15) is 5.10 Å². The summed E-state index contributed by atoms with van der Waals surface area (Å²) >= 11 is 1.13. The second-order valence-corrected chi connectivity index (χ2v) is 9.80. The Labute approximate surface area is 181 Å². The molecule has 8 nitrogen and oxygen atoms in total. The van der Waals surface area contributed by atoms with E-state index in [-0.39, 0.29) is 52.0 Å². The van der Waals surface area contributed by atoms with Gasteiger partial charge >= 0.3 is 0 Å². The SMILES string of the molecule is Cl.Cl.Cn1cc(NS(=O)(=O)c2ccsc2C(=O)N2CCC(N)C(C)(C)C2)cn1. The summed E-state index contributed by atoms with van der Waals surface area (Å²) in [4.78, 5) is 14.9. The van der Waals surface area contributed by atoms with Crippen molar-refractivity contribution in [2.45, 2.75) is 31.2 Å². The number of halogens is 2. The molecule has 158 valence electrons. The summed E-state index contributed by atoms with van der Waals surface area (Å²) in [5.41, 5.74) is 6.27. The third-order valence-corrected chi connectivity index (χ3v) is 7.12. The van der Waals surface area contributed by atoms with Crippen molar-refractivity contribution in [3.63, 3.8) is 0 Å². The Bertz CT molecular complexity index is 926. The van der Waals surface area contributed by atoms with Crippen LogP contribution in [-0.2, 0) is 17.1 Å². The number of hydrogen-bond acceptors (Lipinski definition) is 6. The maximum atomic E-state index is 13.0. The van der Waals surface area contributed by atoms with E-state index in [0.29, 0.717) is 25.2 Å². The predicted molar refractivity (Wildman–Crippen MR) is 115 cm³/mol. The number of nitrogens with one attached hydrogen (secondary N) is 1. The number of aromatic nitrogens is 2. The van der Waals surface area contributed by atoms with Crippen LogP contribution in [0.1, 0.15) is 29.9 Å². The summed E-state index contributed by atoms with van der Waals surface area (Å²) in [5.74, 6) is -0.272. The maximum Gasteiger partial charge on any atom is 0.265 e. The first-order valence-electron chi connectivity index (χ1n) is 8.24. The summed E-state index contributed by atoms with van der Waals surface area (Å²) < 4.78 is 29.4. The predicted octanol–water partition coefficient (Wildman–Crippen LogP) is 2.33. The van der Waals surface area contributed by atoms with Gasteiger partial charge in [0.1, 0.15) is 9.77 Å². The highest BCUT2D eigenvalue weighted by molar-refractivity contribution is 7.93. The number of anilines is 1. The van der Waals surface area contributed by atoms with Crippen molar-refractivity contribution in [2.24, 2.45) is 18.2 Å². The van der Waals surface area contributed by atoms with Gasteiger partial charge in [-0.3, -0.25) is 14.2 Å². The van der Waals surface area contributed by atoms with Crippen molar-refractivity contribution in [1.29, 1.82) is 0 Å². The van der Waals surface area contributed by atoms with Crippen molar-refractivity contribution < 1.29 is 13.2 Å². The number of nitrogens with two attached hydrogens (primary N) is 1. The van der Waals surface area contributed by atoms with Gasteiger partial charge in [-0.05, 0) is 23.3 Å². The van der Waals surface area contributed by atoms with E-state index in [0.717, 1.165) is 11.3 Å². The second kappa shape index (κ2) is 9.00. The van der Waals surface area contributed by atoms with E-state index in [2.05, 4.69) is 9.82 Å². The highest BCUT2D eigenvalue weighted by Crippen LogP contribution is 2.31. The van der Waals surface area contributed by atoms with Crippen LogP contribution in [0, 0.1) is 5.41 Å². The van der Waals surface area contributed by atoms with Crippen molar-refractivity contribution >= 4 is 57.8 Å². The van der Waals surface area contributed by atoms with E-state index in [1.165, 1.54) is 16.9 Å². The third kappa shape index (κ3) is 4.98. The third-order valence-electron chi connectivity index (χ3n) is 4.67. The number of thiophene rings is 1. The van der Waals surface area contributed by atoms with Crippen LogP contribution in [0.25, 0.3) is 0 Å². The van der Waals surface area contributed by atoms with Crippen LogP contribution in [0.5, 0.6) is 0 Å². The van der Waals surface area contributed by atoms with Gasteiger partial charge < -0.3 is 10.6 Å². The summed E-state index contributed by atoms with van der Waals surface area (Å²) in [6, 6.07) is 1.47. The van der Waals surface area contributed by atoms with Gasteiger partial charge in [-0.25, -0.2) is 8.42 Å². The molecule has 3 N–H and O–H groups in total. The zero-order valence-corrected chi connectivity index (χ0v) is 19.1. The molecule has 3 heterocycles. The minimum absolute atomic E-state index is 0. The van der Waals surface area contributed by atoms with Gasteiger partial charge in [0, 0.05) is 32.4 Å². The lowest BCUT2D eigenvalue weighted by Crippen LogP contribution is -2.54. The lowest BCUT2D eigenvalue weighted by atomic mass is 9.79. The average Bonchev–Trinajstić information content (AvgIpc) is 3.18. The minimum atomic E-state index is -3.88. The molecule has 12 heteroatoms. The molecule has 2 aromatic heterocycles. The highest BCUT2D eigenvalue weighted by Gasteiger charge is 2.37. The molecule has 1 aliphatic rings. The maximum absolute atomic E-state index is 13.0. The first-order chi connectivity index (χ1) is 12.1. The van der Waals surface area contributed by atoms with Gasteiger partial charge in [0.05, 0.1) is 11.9 Å². The molecule has 0 aromatic carbocycles. The number of rotatable bonds is 4. The molecular weight excluding hydrogens is 445 g/mol. The number of aryl methyl sites for hydroxylation is 1. The Balaban J connectivity index is 0.00000196. The molecule has 0 bridgehead atoms. The van der Waals surface area contributed by atoms with Crippen LogP contribution in [0.4, 0.5) is 5.69 Å². The molecule has 1 fully saturated rings. The Morgan fingerprint density at radius 1 is 1.39 bits per heavy atom. The number of piperidine rings is 1. The molecular formula is C16H25Cl2N5O3S2. The second-order valence-electron chi connectivity index (χ2n) is 7.23. The molecule has 2 aromatic rings. The van der Waals surface area contributed by atoms with Gasteiger partial charge in [0.15, 0.2) is 0 Å². The first kappa shape index (κ1) is 24.7. The number of amides is 1. The van der Waals surface area contributed by atoms with Gasteiger partial charge in [0.2, 0.25) is 0 Å². The standard InChI is InChI=1S/C16H23N5O3S2.2ClH/c1-16(2)10-21(6-4-13(16)17)15(22)14-12(5-7-25-14)26(23,24)19-11-8-18-20(3)9-11;;/h5,7-9,13,19H,4,6,10,17H2,1-3H3;2*1H. The van der Waals surface area contributed by atoms with E-state index >= 15 is 0 Å². The highest BCUT2D eigenvalue weighted by atomic mass is 35.5. The number of hydrogen-bond donors (Lipinski definition) is 2. The summed E-state index contributed by atoms with van der Waals surface area (Å²) in [5, 5.41) is 5.56. The number of likely N-dealkylation sites (tertiary alicyclic amines) is 1. The van der Waals surface area contributed by atoms with Crippen molar-refractivity contribution in [3.8, 4) is 0 Å². The summed E-state index contributed by atoms with van der Waals surface area (Å²) in [7, 11) is -2.18. The van der Waals surface area contributed by atoms with Crippen LogP contribution >= 0.6 is 36.2 Å². The van der Waals surface area contributed by atoms with E-state index in [4.69, 9.17) is 5.73 Å². The Morgan fingerprint density at radius 3 is 2.64 bits per heavy atom. The smallest absolute Gasteiger partial charge is 0.265 e. The molecule has 1 amide bonds. The number of carbonyl (C=O) groups is 1. The number of carbonyl (C=O) groups excluding carboxylic acids is 1. The zero-order valence-electron chi connectivity index (χ0n) is 15.8. The molecule has 1 atom stereocenters. The van der Waals surface area contributed by atoms with Gasteiger partial charge in [-0.15, -0.1) is 36.2 Å². The fourth-order valence-electron chi connectivity index (χ4n) is 3.04. The molecule has 1 saturated heterocycles. The van der Waals surface area contributed by atoms with Gasteiger partial charge in [-0.1, -0.05) is 13.8 Å². The van der Waals surface area contributed by atoms with Crippen molar-refractivity contribution in [2.75, 3.05) is 17.8 Å². The lowest BCUT2D eigenvalue weighted by molar-refractivity contribution is 0.0534. The number of nitrogens with zero attached hydrogens (tertiary/aromatic N) is 3. The van der Waals surface area contributed by atoms with Crippen LogP contribution in [0.2, 0.25) is 0 Å². The molecule has 0 saturated carbocycles. The van der Waals surface area contributed by atoms with Crippen LogP contribution in [-0.4, -0.2) is 48.1 Å². The largest absolute Gasteiger partial charge is 0.337 e. The van der Waals surface area contributed by atoms with E-state index in [1.54, 1.807) is 23.5 Å². The van der Waals surface area contributed by atoms with Crippen molar-refractivity contribution in [1.82, 2.24) is 14.7 Å². The normalized spacial score (nSPS) is 18.7. The van der Waals surface area contributed by atoms with Crippen LogP contribution in [0.15, 0.2) is 28.7 Å². The fourth-order valence-corrected chi connectivity index (χ4v) is 5.46. The zero-order chi connectivity index (χ0) is 19.1. The quantitative estimate of drug-likeness (QED) is 0.713. The molecule has 1 unspecified atom stereocenters. The fraction of sp³-hybridized carbons (Fsp3) is 0.500. The number of sulfonamides is 1. The monoisotopic (exact) mass is 469 g/mol. The Kier molecular flexibility index (Phi) is 7.94. The minimum Gasteiger partial charge on any atom is -0.337 e.